The van der Waals surface area contributed by atoms with Crippen LogP contribution in [0.3, 0.4) is 0 Å². The highest BCUT2D eigenvalue weighted by molar-refractivity contribution is 7.09. The van der Waals surface area contributed by atoms with Crippen molar-refractivity contribution in [2.45, 2.75) is 45.8 Å². The van der Waals surface area contributed by atoms with E-state index in [4.69, 9.17) is 0 Å². The summed E-state index contributed by atoms with van der Waals surface area (Å²) >= 11 is 1.65. The number of nitrogens with zero attached hydrogens (tertiary/aromatic N) is 2. The molecule has 1 fully saturated rings. The molecular weight excluding hydrogens is 336 g/mol. The van der Waals surface area contributed by atoms with Gasteiger partial charge in [0.05, 0.1) is 19.1 Å². The Kier molecular flexibility index (Phi) is 7.87. The van der Waals surface area contributed by atoms with E-state index in [-0.39, 0.29) is 23.9 Å². The maximum Gasteiger partial charge on any atom is 0.237 e. The second-order valence-electron chi connectivity index (χ2n) is 6.66. The van der Waals surface area contributed by atoms with Crippen LogP contribution in [0.15, 0.2) is 17.5 Å². The van der Waals surface area contributed by atoms with E-state index in [1.165, 1.54) is 0 Å². The van der Waals surface area contributed by atoms with Crippen LogP contribution in [0.1, 0.15) is 32.1 Å². The predicted molar refractivity (Wildman–Crippen MR) is 102 cm³/mol. The molecule has 2 amide bonds. The molecule has 0 saturated carbocycles. The van der Waals surface area contributed by atoms with Crippen LogP contribution in [0, 0.1) is 0 Å². The van der Waals surface area contributed by atoms with Gasteiger partial charge >= 0.3 is 0 Å². The zero-order valence-electron chi connectivity index (χ0n) is 15.5. The van der Waals surface area contributed by atoms with E-state index in [9.17, 15) is 9.59 Å². The molecule has 0 aromatic carbocycles. The zero-order valence-corrected chi connectivity index (χ0v) is 16.3. The molecule has 1 aliphatic heterocycles. The number of hydrogen-bond acceptors (Lipinski definition) is 5. The first-order valence-corrected chi connectivity index (χ1v) is 9.93. The maximum absolute atomic E-state index is 12.3. The van der Waals surface area contributed by atoms with Gasteiger partial charge in [-0.15, -0.1) is 11.3 Å². The lowest BCUT2D eigenvalue weighted by Crippen LogP contribution is -2.55. The highest BCUT2D eigenvalue weighted by Gasteiger charge is 2.26. The third-order valence-corrected chi connectivity index (χ3v) is 5.61. The summed E-state index contributed by atoms with van der Waals surface area (Å²) in [6, 6.07) is 4.10. The van der Waals surface area contributed by atoms with Crippen LogP contribution in [0.2, 0.25) is 0 Å². The van der Waals surface area contributed by atoms with Gasteiger partial charge in [0.2, 0.25) is 11.8 Å². The van der Waals surface area contributed by atoms with Crippen LogP contribution in [0.4, 0.5) is 0 Å². The van der Waals surface area contributed by atoms with Crippen molar-refractivity contribution in [2.75, 3.05) is 32.7 Å². The maximum atomic E-state index is 12.3. The Bertz CT molecular complexity index is 541. The van der Waals surface area contributed by atoms with E-state index < -0.39 is 0 Å². The monoisotopic (exact) mass is 366 g/mol. The zero-order chi connectivity index (χ0) is 18.2. The molecule has 2 unspecified atom stereocenters. The Hall–Kier alpha value is -1.44. The summed E-state index contributed by atoms with van der Waals surface area (Å²) in [5.74, 6) is 0.154. The van der Waals surface area contributed by atoms with Gasteiger partial charge in [-0.2, -0.15) is 0 Å². The standard InChI is InChI=1S/C18H30N4O2S/c1-4-14(2)20-17(23)13-21-7-9-22(10-8-21)15(3)18(24)19-12-16-6-5-11-25-16/h5-6,11,14-15H,4,7-10,12-13H2,1-3H3,(H,19,24)(H,20,23). The molecule has 2 atom stereocenters. The number of thiophene rings is 1. The Morgan fingerprint density at radius 3 is 2.56 bits per heavy atom. The summed E-state index contributed by atoms with van der Waals surface area (Å²) < 4.78 is 0. The highest BCUT2D eigenvalue weighted by atomic mass is 32.1. The summed E-state index contributed by atoms with van der Waals surface area (Å²) in [7, 11) is 0. The predicted octanol–water partition coefficient (Wildman–Crippen LogP) is 1.29. The minimum atomic E-state index is -0.143. The van der Waals surface area contributed by atoms with E-state index in [0.29, 0.717) is 13.1 Å². The van der Waals surface area contributed by atoms with Gasteiger partial charge in [-0.3, -0.25) is 19.4 Å². The molecule has 0 radical (unpaired) electrons. The lowest BCUT2D eigenvalue weighted by Gasteiger charge is -2.37. The van der Waals surface area contributed by atoms with E-state index in [1.807, 2.05) is 31.4 Å². The van der Waals surface area contributed by atoms with Crippen molar-refractivity contribution in [1.82, 2.24) is 20.4 Å². The van der Waals surface area contributed by atoms with Gasteiger partial charge in [0, 0.05) is 37.1 Å². The number of carbonyl (C=O) groups is 2. The highest BCUT2D eigenvalue weighted by Crippen LogP contribution is 2.09. The van der Waals surface area contributed by atoms with Crippen molar-refractivity contribution in [3.05, 3.63) is 22.4 Å². The molecule has 1 saturated heterocycles. The molecule has 2 heterocycles. The van der Waals surface area contributed by atoms with Crippen LogP contribution >= 0.6 is 11.3 Å². The SMILES string of the molecule is CCC(C)NC(=O)CN1CCN(C(C)C(=O)NCc2cccs2)CC1. The van der Waals surface area contributed by atoms with Gasteiger partial charge in [-0.1, -0.05) is 13.0 Å². The Morgan fingerprint density at radius 1 is 1.24 bits per heavy atom. The number of rotatable bonds is 8. The second-order valence-corrected chi connectivity index (χ2v) is 7.69. The van der Waals surface area contributed by atoms with Gasteiger partial charge in [-0.05, 0) is 31.7 Å². The lowest BCUT2D eigenvalue weighted by atomic mass is 10.2. The minimum absolute atomic E-state index is 0.0661. The van der Waals surface area contributed by atoms with Gasteiger partial charge in [0.1, 0.15) is 0 Å². The first-order valence-electron chi connectivity index (χ1n) is 9.05. The van der Waals surface area contributed by atoms with E-state index >= 15 is 0 Å². The van der Waals surface area contributed by atoms with Crippen LogP contribution in [-0.4, -0.2) is 66.4 Å². The number of nitrogens with one attached hydrogen (secondary N) is 2. The van der Waals surface area contributed by atoms with Crippen molar-refractivity contribution >= 4 is 23.2 Å². The Morgan fingerprint density at radius 2 is 1.96 bits per heavy atom. The van der Waals surface area contributed by atoms with E-state index in [2.05, 4.69) is 27.4 Å². The van der Waals surface area contributed by atoms with Gasteiger partial charge in [0.25, 0.3) is 0 Å². The molecule has 1 aliphatic rings. The molecular formula is C18H30N4O2S. The summed E-state index contributed by atoms with van der Waals surface area (Å²) in [6.07, 6.45) is 0.942. The second kappa shape index (κ2) is 9.89. The smallest absolute Gasteiger partial charge is 0.237 e. The third kappa shape index (κ3) is 6.41. The quantitative estimate of drug-likeness (QED) is 0.728. The Balaban J connectivity index is 1.69. The van der Waals surface area contributed by atoms with E-state index in [1.54, 1.807) is 11.3 Å². The fourth-order valence-electron chi connectivity index (χ4n) is 2.84. The molecule has 0 aliphatic carbocycles. The molecule has 1 aromatic heterocycles. The summed E-state index contributed by atoms with van der Waals surface area (Å²) in [5, 5.41) is 8.02. The first-order chi connectivity index (χ1) is 12.0. The molecule has 2 N–H and O–H groups in total. The first kappa shape index (κ1) is 19.9. The van der Waals surface area contributed by atoms with Crippen molar-refractivity contribution in [3.8, 4) is 0 Å². The summed E-state index contributed by atoms with van der Waals surface area (Å²) in [4.78, 5) is 29.8. The molecule has 0 spiro atoms. The minimum Gasteiger partial charge on any atom is -0.353 e. The number of carbonyl (C=O) groups excluding carboxylic acids is 2. The van der Waals surface area contributed by atoms with Crippen LogP contribution in [-0.2, 0) is 16.1 Å². The average Bonchev–Trinajstić information content (AvgIpc) is 3.13. The van der Waals surface area contributed by atoms with Gasteiger partial charge in [0.15, 0.2) is 0 Å². The van der Waals surface area contributed by atoms with Crippen molar-refractivity contribution in [1.29, 1.82) is 0 Å². The van der Waals surface area contributed by atoms with Gasteiger partial charge in [-0.25, -0.2) is 0 Å². The fraction of sp³-hybridized carbons (Fsp3) is 0.667. The largest absolute Gasteiger partial charge is 0.353 e. The van der Waals surface area contributed by atoms with Crippen LogP contribution < -0.4 is 10.6 Å². The Labute approximate surface area is 154 Å². The average molecular weight is 367 g/mol. The molecule has 6 nitrogen and oxygen atoms in total. The molecule has 2 rings (SSSR count). The summed E-state index contributed by atoms with van der Waals surface area (Å²) in [6.45, 7) is 10.3. The van der Waals surface area contributed by atoms with Crippen LogP contribution in [0.25, 0.3) is 0 Å². The normalized spacial score (nSPS) is 18.5. The number of piperazine rings is 1. The van der Waals surface area contributed by atoms with Crippen molar-refractivity contribution < 1.29 is 9.59 Å². The number of amides is 2. The molecule has 7 heteroatoms. The summed E-state index contributed by atoms with van der Waals surface area (Å²) in [5.41, 5.74) is 0. The topological polar surface area (TPSA) is 64.7 Å². The molecule has 140 valence electrons. The molecule has 1 aromatic rings. The van der Waals surface area contributed by atoms with Crippen LogP contribution in [0.5, 0.6) is 0 Å². The molecule has 25 heavy (non-hydrogen) atoms. The van der Waals surface area contributed by atoms with E-state index in [0.717, 1.165) is 37.5 Å². The molecule has 0 bridgehead atoms. The number of hydrogen-bond donors (Lipinski definition) is 2. The third-order valence-electron chi connectivity index (χ3n) is 4.74. The van der Waals surface area contributed by atoms with Crippen molar-refractivity contribution in [3.63, 3.8) is 0 Å². The van der Waals surface area contributed by atoms with Gasteiger partial charge < -0.3 is 10.6 Å². The van der Waals surface area contributed by atoms with Crippen molar-refractivity contribution in [2.24, 2.45) is 0 Å². The fourth-order valence-corrected chi connectivity index (χ4v) is 3.48. The lowest BCUT2D eigenvalue weighted by molar-refractivity contribution is -0.128.